The van der Waals surface area contributed by atoms with E-state index in [1.54, 1.807) is 0 Å². The number of aromatic amines is 1. The smallest absolute Gasteiger partial charge is 0.132 e. The summed E-state index contributed by atoms with van der Waals surface area (Å²) in [6.07, 6.45) is 8.10. The molecular weight excluding hydrogens is 152 g/mol. The van der Waals surface area contributed by atoms with Gasteiger partial charge in [-0.1, -0.05) is 0 Å². The number of fused-ring (bicyclic) bond motifs is 2. The average Bonchev–Trinajstić information content (AvgIpc) is 2.64. The molecule has 60 valence electrons. The number of hydrogen-bond donors (Lipinski definition) is 2. The van der Waals surface area contributed by atoms with E-state index in [4.69, 9.17) is 4.84 Å². The summed E-state index contributed by atoms with van der Waals surface area (Å²) in [7, 11) is 0. The zero-order valence-corrected chi connectivity index (χ0v) is 6.37. The minimum absolute atomic E-state index is 0.0798. The topological polar surface area (TPSA) is 37.0 Å². The van der Waals surface area contributed by atoms with Gasteiger partial charge in [0.1, 0.15) is 6.10 Å². The molecule has 3 heteroatoms. The van der Waals surface area contributed by atoms with Crippen LogP contribution in [-0.2, 0) is 4.84 Å². The van der Waals surface area contributed by atoms with Gasteiger partial charge in [0.2, 0.25) is 0 Å². The molecular formula is C9H8N2O. The predicted molar refractivity (Wildman–Crippen MR) is 45.1 cm³/mol. The quantitative estimate of drug-likeness (QED) is 0.530. The summed E-state index contributed by atoms with van der Waals surface area (Å²) < 4.78 is 0. The molecule has 0 saturated carbocycles. The Morgan fingerprint density at radius 1 is 1.42 bits per heavy atom. The van der Waals surface area contributed by atoms with Gasteiger partial charge in [0, 0.05) is 23.3 Å². The van der Waals surface area contributed by atoms with Crippen molar-refractivity contribution in [2.75, 3.05) is 0 Å². The molecule has 3 nitrogen and oxygen atoms in total. The van der Waals surface area contributed by atoms with Crippen molar-refractivity contribution in [2.45, 2.75) is 6.10 Å². The van der Waals surface area contributed by atoms with Gasteiger partial charge in [-0.3, -0.25) is 10.3 Å². The number of aromatic nitrogens is 1. The van der Waals surface area contributed by atoms with Gasteiger partial charge >= 0.3 is 0 Å². The van der Waals surface area contributed by atoms with Gasteiger partial charge in [-0.15, -0.1) is 0 Å². The Hall–Kier alpha value is -1.48. The minimum Gasteiger partial charge on any atom is -0.361 e. The van der Waals surface area contributed by atoms with E-state index in [9.17, 15) is 0 Å². The standard InChI is InChI=1S/C9H8N2O/c1-2-10-8-4-9-7(3-6(1)8)5-11-12-9/h1-5,9-11H. The lowest BCUT2D eigenvalue weighted by Crippen LogP contribution is -2.30. The lowest BCUT2D eigenvalue weighted by atomic mass is 10.1. The van der Waals surface area contributed by atoms with Gasteiger partial charge in [-0.25, -0.2) is 0 Å². The number of nitrogens with one attached hydrogen (secondary N) is 2. The summed E-state index contributed by atoms with van der Waals surface area (Å²) in [4.78, 5) is 8.38. The zero-order valence-electron chi connectivity index (χ0n) is 6.37. The van der Waals surface area contributed by atoms with E-state index in [0.29, 0.717) is 0 Å². The highest BCUT2D eigenvalue weighted by molar-refractivity contribution is 5.60. The van der Waals surface area contributed by atoms with E-state index in [1.165, 1.54) is 10.8 Å². The molecule has 0 bridgehead atoms. The molecule has 2 N–H and O–H groups in total. The van der Waals surface area contributed by atoms with Gasteiger partial charge < -0.3 is 4.98 Å². The molecule has 0 fully saturated rings. The fourth-order valence-electron chi connectivity index (χ4n) is 1.58. The number of hydroxylamine groups is 1. The van der Waals surface area contributed by atoms with Crippen LogP contribution in [0.4, 0.5) is 0 Å². The van der Waals surface area contributed by atoms with Crippen LogP contribution in [0.5, 0.6) is 0 Å². The van der Waals surface area contributed by atoms with Crippen LogP contribution >= 0.6 is 0 Å². The van der Waals surface area contributed by atoms with Crippen LogP contribution in [0.1, 0.15) is 0 Å². The van der Waals surface area contributed by atoms with Crippen molar-refractivity contribution in [1.29, 1.82) is 0 Å². The molecule has 2 aliphatic rings. The average molecular weight is 160 g/mol. The Kier molecular flexibility index (Phi) is 1.02. The molecule has 1 unspecified atom stereocenters. The Morgan fingerprint density at radius 3 is 3.42 bits per heavy atom. The van der Waals surface area contributed by atoms with Crippen LogP contribution in [-0.4, -0.2) is 11.1 Å². The normalized spacial score (nSPS) is 24.3. The van der Waals surface area contributed by atoms with Gasteiger partial charge in [0.15, 0.2) is 0 Å². The molecule has 3 rings (SSSR count). The van der Waals surface area contributed by atoms with E-state index < -0.39 is 0 Å². The molecule has 0 aromatic carbocycles. The minimum atomic E-state index is 0.0798. The lowest BCUT2D eigenvalue weighted by molar-refractivity contribution is 0.0795. The molecule has 1 atom stereocenters. The highest BCUT2D eigenvalue weighted by Gasteiger charge is 2.18. The fraction of sp³-hybridized carbons (Fsp3) is 0.111. The first-order chi connectivity index (χ1) is 5.93. The molecule has 0 radical (unpaired) electrons. The Morgan fingerprint density at radius 2 is 2.42 bits per heavy atom. The van der Waals surface area contributed by atoms with Crippen molar-refractivity contribution in [2.24, 2.45) is 0 Å². The number of H-pyrrole nitrogens is 1. The van der Waals surface area contributed by atoms with Gasteiger partial charge in [0.25, 0.3) is 0 Å². The largest absolute Gasteiger partial charge is 0.361 e. The van der Waals surface area contributed by atoms with Crippen LogP contribution in [0.25, 0.3) is 12.2 Å². The van der Waals surface area contributed by atoms with E-state index in [-0.39, 0.29) is 6.10 Å². The van der Waals surface area contributed by atoms with Crippen molar-refractivity contribution >= 4 is 12.2 Å². The van der Waals surface area contributed by atoms with Gasteiger partial charge in [-0.05, 0) is 23.4 Å². The molecule has 1 aliphatic carbocycles. The maximum atomic E-state index is 5.23. The molecule has 0 spiro atoms. The molecule has 0 amide bonds. The van der Waals surface area contributed by atoms with Crippen LogP contribution in [0, 0.1) is 0 Å². The summed E-state index contributed by atoms with van der Waals surface area (Å²) in [5.74, 6) is 0. The van der Waals surface area contributed by atoms with Crippen LogP contribution in [0.2, 0.25) is 0 Å². The van der Waals surface area contributed by atoms with E-state index in [1.807, 2.05) is 12.4 Å². The van der Waals surface area contributed by atoms with Crippen molar-refractivity contribution in [1.82, 2.24) is 10.5 Å². The number of hydrogen-bond acceptors (Lipinski definition) is 2. The van der Waals surface area contributed by atoms with Crippen molar-refractivity contribution in [3.05, 3.63) is 34.6 Å². The highest BCUT2D eigenvalue weighted by Crippen LogP contribution is 2.14. The fourth-order valence-corrected chi connectivity index (χ4v) is 1.58. The molecule has 1 aromatic rings. The van der Waals surface area contributed by atoms with Crippen LogP contribution in [0.15, 0.2) is 24.0 Å². The first kappa shape index (κ1) is 6.08. The SMILES string of the molecule is C1=C2C=c3cc[nH]c3=CC2ON1. The van der Waals surface area contributed by atoms with Crippen LogP contribution < -0.4 is 16.0 Å². The highest BCUT2D eigenvalue weighted by atomic mass is 16.7. The molecule has 12 heavy (non-hydrogen) atoms. The third-order valence-electron chi connectivity index (χ3n) is 2.20. The summed E-state index contributed by atoms with van der Waals surface area (Å²) in [6, 6.07) is 2.06. The second-order valence-corrected chi connectivity index (χ2v) is 2.96. The third-order valence-corrected chi connectivity index (χ3v) is 2.20. The summed E-state index contributed by atoms with van der Waals surface area (Å²) in [6.45, 7) is 0. The van der Waals surface area contributed by atoms with Gasteiger partial charge in [0.05, 0.1) is 0 Å². The van der Waals surface area contributed by atoms with Crippen molar-refractivity contribution in [3.63, 3.8) is 0 Å². The van der Waals surface area contributed by atoms with Crippen molar-refractivity contribution in [3.8, 4) is 0 Å². The monoisotopic (exact) mass is 160 g/mol. The maximum absolute atomic E-state index is 5.23. The molecule has 0 saturated heterocycles. The van der Waals surface area contributed by atoms with E-state index in [0.717, 1.165) is 5.35 Å². The Balaban J connectivity index is 2.35. The summed E-state index contributed by atoms with van der Waals surface area (Å²) in [5.41, 5.74) is 3.93. The first-order valence-corrected chi connectivity index (χ1v) is 3.92. The number of rotatable bonds is 0. The molecule has 1 aliphatic heterocycles. The van der Waals surface area contributed by atoms with Gasteiger partial charge in [-0.2, -0.15) is 0 Å². The second-order valence-electron chi connectivity index (χ2n) is 2.96. The summed E-state index contributed by atoms with van der Waals surface area (Å²) in [5, 5.41) is 2.37. The predicted octanol–water partition coefficient (Wildman–Crippen LogP) is -0.623. The third kappa shape index (κ3) is 0.685. The van der Waals surface area contributed by atoms with Crippen molar-refractivity contribution < 1.29 is 4.84 Å². The first-order valence-electron chi connectivity index (χ1n) is 3.92. The Bertz CT molecular complexity index is 455. The van der Waals surface area contributed by atoms with E-state index in [2.05, 4.69) is 28.7 Å². The second kappa shape index (κ2) is 2.01. The summed E-state index contributed by atoms with van der Waals surface area (Å²) >= 11 is 0. The Labute approximate surface area is 69.0 Å². The van der Waals surface area contributed by atoms with Crippen LogP contribution in [0.3, 0.4) is 0 Å². The molecule has 2 heterocycles. The zero-order chi connectivity index (χ0) is 7.97. The maximum Gasteiger partial charge on any atom is 0.132 e. The van der Waals surface area contributed by atoms with E-state index >= 15 is 0 Å². The lowest BCUT2D eigenvalue weighted by Gasteiger charge is -2.06. The molecule has 1 aromatic heterocycles.